The average molecular weight is 383 g/mol. The Balaban J connectivity index is 1.64. The lowest BCUT2D eigenvalue weighted by Gasteiger charge is -2.06. The van der Waals surface area contributed by atoms with E-state index >= 15 is 0 Å². The Bertz CT molecular complexity index is 1060. The van der Waals surface area contributed by atoms with E-state index in [4.69, 9.17) is 10.2 Å². The first kappa shape index (κ1) is 19.1. The lowest BCUT2D eigenvalue weighted by atomic mass is 10.1. The maximum atomic E-state index is 13.4. The molecule has 0 atom stereocenters. The van der Waals surface area contributed by atoms with E-state index in [-0.39, 0.29) is 18.8 Å². The minimum Gasteiger partial charge on any atom is -0.451 e. The van der Waals surface area contributed by atoms with Gasteiger partial charge in [0.15, 0.2) is 5.76 Å². The molecule has 0 spiro atoms. The average Bonchev–Trinajstić information content (AvgIpc) is 3.01. The molecule has 0 bridgehead atoms. The summed E-state index contributed by atoms with van der Waals surface area (Å²) >= 11 is 0. The number of nitrogens with two attached hydrogens (primary N) is 1. The maximum absolute atomic E-state index is 13.4. The highest BCUT2D eigenvalue weighted by Crippen LogP contribution is 2.26. The highest BCUT2D eigenvalue weighted by molar-refractivity contribution is 5.99. The molecule has 0 aliphatic rings. The van der Waals surface area contributed by atoms with E-state index in [2.05, 4.69) is 10.6 Å². The van der Waals surface area contributed by atoms with Crippen molar-refractivity contribution in [2.24, 2.45) is 5.73 Å². The molecule has 2 aromatic carbocycles. The van der Waals surface area contributed by atoms with Crippen LogP contribution in [-0.4, -0.2) is 24.3 Å². The Hall–Kier alpha value is -3.68. The molecule has 0 radical (unpaired) electrons. The Morgan fingerprint density at radius 2 is 1.75 bits per heavy atom. The molecule has 4 N–H and O–H groups in total. The lowest BCUT2D eigenvalue weighted by Crippen LogP contribution is -2.33. The van der Waals surface area contributed by atoms with Gasteiger partial charge in [0.25, 0.3) is 11.8 Å². The van der Waals surface area contributed by atoms with Crippen molar-refractivity contribution in [1.82, 2.24) is 10.6 Å². The molecule has 3 rings (SSSR count). The van der Waals surface area contributed by atoms with Crippen molar-refractivity contribution in [2.75, 3.05) is 6.54 Å². The van der Waals surface area contributed by atoms with Crippen LogP contribution in [0.25, 0.3) is 11.0 Å². The van der Waals surface area contributed by atoms with E-state index in [0.717, 1.165) is 5.56 Å². The monoisotopic (exact) mass is 383 g/mol. The summed E-state index contributed by atoms with van der Waals surface area (Å²) in [5, 5.41) is 5.67. The second kappa shape index (κ2) is 7.91. The van der Waals surface area contributed by atoms with Gasteiger partial charge in [0.05, 0.1) is 6.54 Å². The van der Waals surface area contributed by atoms with Crippen molar-refractivity contribution in [3.8, 4) is 0 Å². The number of carbonyl (C=O) groups is 3. The van der Waals surface area contributed by atoms with Crippen LogP contribution in [0, 0.1) is 12.7 Å². The van der Waals surface area contributed by atoms with E-state index in [9.17, 15) is 18.8 Å². The Morgan fingerprint density at radius 1 is 1.04 bits per heavy atom. The van der Waals surface area contributed by atoms with Gasteiger partial charge in [-0.15, -0.1) is 0 Å². The van der Waals surface area contributed by atoms with E-state index in [0.29, 0.717) is 22.1 Å². The molecule has 0 saturated heterocycles. The number of rotatable bonds is 6. The molecule has 28 heavy (non-hydrogen) atoms. The number of nitrogens with one attached hydrogen (secondary N) is 2. The predicted octanol–water partition coefficient (Wildman–Crippen LogP) is 2.03. The van der Waals surface area contributed by atoms with E-state index in [1.54, 1.807) is 31.2 Å². The molecule has 8 heteroatoms. The topological polar surface area (TPSA) is 114 Å². The van der Waals surface area contributed by atoms with Crippen molar-refractivity contribution in [1.29, 1.82) is 0 Å². The van der Waals surface area contributed by atoms with Crippen LogP contribution in [-0.2, 0) is 11.3 Å². The highest BCUT2D eigenvalue weighted by Gasteiger charge is 2.18. The molecule has 0 aliphatic carbocycles. The van der Waals surface area contributed by atoms with Gasteiger partial charge in [0.2, 0.25) is 5.91 Å². The van der Waals surface area contributed by atoms with Crippen LogP contribution in [0.15, 0.2) is 46.9 Å². The molecule has 0 fully saturated rings. The third kappa shape index (κ3) is 4.17. The normalized spacial score (nSPS) is 10.6. The number of hydrogen-bond donors (Lipinski definition) is 3. The van der Waals surface area contributed by atoms with Crippen molar-refractivity contribution in [3.63, 3.8) is 0 Å². The quantitative estimate of drug-likeness (QED) is 0.604. The fourth-order valence-electron chi connectivity index (χ4n) is 2.72. The number of carbonyl (C=O) groups excluding carboxylic acids is 3. The minimum absolute atomic E-state index is 0.128. The summed E-state index contributed by atoms with van der Waals surface area (Å²) < 4.78 is 18.9. The number of halogens is 1. The zero-order valence-corrected chi connectivity index (χ0v) is 15.0. The first-order chi connectivity index (χ1) is 13.3. The van der Waals surface area contributed by atoms with E-state index < -0.39 is 23.5 Å². The minimum atomic E-state index is -0.628. The zero-order chi connectivity index (χ0) is 20.3. The molecule has 1 heterocycles. The Kier molecular flexibility index (Phi) is 5.39. The van der Waals surface area contributed by atoms with E-state index in [1.165, 1.54) is 18.2 Å². The van der Waals surface area contributed by atoms with Gasteiger partial charge in [0, 0.05) is 23.1 Å². The smallest absolute Gasteiger partial charge is 0.287 e. The molecule has 3 amide bonds. The molecule has 144 valence electrons. The standard InChI is InChI=1S/C20H18FN3O4/c1-11-15-8-14(21)6-7-16(15)28-18(11)20(27)23-9-12-2-4-13(5-3-12)19(26)24-10-17(22)25/h2-8H,9-10H2,1H3,(H2,22,25)(H,23,27)(H,24,26). The maximum Gasteiger partial charge on any atom is 0.287 e. The van der Waals surface area contributed by atoms with Gasteiger partial charge in [-0.3, -0.25) is 14.4 Å². The molecule has 0 saturated carbocycles. The van der Waals surface area contributed by atoms with Gasteiger partial charge >= 0.3 is 0 Å². The number of benzene rings is 2. The van der Waals surface area contributed by atoms with Crippen LogP contribution in [0.3, 0.4) is 0 Å². The zero-order valence-electron chi connectivity index (χ0n) is 15.0. The molecular formula is C20H18FN3O4. The Morgan fingerprint density at radius 3 is 2.43 bits per heavy atom. The molecule has 0 unspecified atom stereocenters. The number of aryl methyl sites for hydroxylation is 1. The highest BCUT2D eigenvalue weighted by atomic mass is 19.1. The number of amides is 3. The summed E-state index contributed by atoms with van der Waals surface area (Å²) in [5.74, 6) is -1.74. The van der Waals surface area contributed by atoms with Crippen molar-refractivity contribution < 1.29 is 23.2 Å². The number of hydrogen-bond acceptors (Lipinski definition) is 4. The third-order valence-corrected chi connectivity index (χ3v) is 4.20. The summed E-state index contributed by atoms with van der Waals surface area (Å²) in [6.45, 7) is 1.67. The van der Waals surface area contributed by atoms with Crippen LogP contribution >= 0.6 is 0 Å². The van der Waals surface area contributed by atoms with Gasteiger partial charge in [-0.1, -0.05) is 12.1 Å². The molecule has 7 nitrogen and oxygen atoms in total. The van der Waals surface area contributed by atoms with Crippen LogP contribution in [0.2, 0.25) is 0 Å². The second-order valence-corrected chi connectivity index (χ2v) is 6.23. The largest absolute Gasteiger partial charge is 0.451 e. The van der Waals surface area contributed by atoms with Crippen molar-refractivity contribution in [2.45, 2.75) is 13.5 Å². The summed E-state index contributed by atoms with van der Waals surface area (Å²) in [4.78, 5) is 34.9. The summed E-state index contributed by atoms with van der Waals surface area (Å²) in [7, 11) is 0. The van der Waals surface area contributed by atoms with Gasteiger partial charge < -0.3 is 20.8 Å². The fraction of sp³-hybridized carbons (Fsp3) is 0.150. The molecule has 3 aromatic rings. The first-order valence-corrected chi connectivity index (χ1v) is 8.47. The van der Waals surface area contributed by atoms with Gasteiger partial charge in [-0.05, 0) is 42.8 Å². The van der Waals surface area contributed by atoms with Gasteiger partial charge in [-0.2, -0.15) is 0 Å². The lowest BCUT2D eigenvalue weighted by molar-refractivity contribution is -0.117. The molecule has 1 aromatic heterocycles. The number of primary amides is 1. The number of fused-ring (bicyclic) bond motifs is 1. The fourth-order valence-corrected chi connectivity index (χ4v) is 2.72. The molecular weight excluding hydrogens is 365 g/mol. The van der Waals surface area contributed by atoms with Gasteiger partial charge in [-0.25, -0.2) is 4.39 Å². The number of furan rings is 1. The van der Waals surface area contributed by atoms with Crippen molar-refractivity contribution >= 4 is 28.7 Å². The summed E-state index contributed by atoms with van der Waals surface area (Å²) in [5.41, 5.74) is 7.12. The summed E-state index contributed by atoms with van der Waals surface area (Å²) in [6, 6.07) is 10.6. The predicted molar refractivity (Wildman–Crippen MR) is 100 cm³/mol. The molecule has 0 aliphatic heterocycles. The van der Waals surface area contributed by atoms with Crippen LogP contribution < -0.4 is 16.4 Å². The van der Waals surface area contributed by atoms with Crippen LogP contribution in [0.5, 0.6) is 0 Å². The SMILES string of the molecule is Cc1c(C(=O)NCc2ccc(C(=O)NCC(N)=O)cc2)oc2ccc(F)cc12. The van der Waals surface area contributed by atoms with Gasteiger partial charge in [0.1, 0.15) is 11.4 Å². The summed E-state index contributed by atoms with van der Waals surface area (Å²) in [6.07, 6.45) is 0. The second-order valence-electron chi connectivity index (χ2n) is 6.23. The van der Waals surface area contributed by atoms with Crippen LogP contribution in [0.1, 0.15) is 32.0 Å². The first-order valence-electron chi connectivity index (χ1n) is 8.47. The van der Waals surface area contributed by atoms with E-state index in [1.807, 2.05) is 0 Å². The van der Waals surface area contributed by atoms with Crippen LogP contribution in [0.4, 0.5) is 4.39 Å². The van der Waals surface area contributed by atoms with Crippen molar-refractivity contribution in [3.05, 3.63) is 70.7 Å². The Labute approximate surface area is 159 Å². The third-order valence-electron chi connectivity index (χ3n) is 4.20.